The molecule has 30 heavy (non-hydrogen) atoms. The van der Waals surface area contributed by atoms with Crippen molar-refractivity contribution < 1.29 is 35.5 Å². The molecule has 0 atom stereocenters. The van der Waals surface area contributed by atoms with Crippen LogP contribution < -0.4 is 0 Å². The molecule has 7 nitrogen and oxygen atoms in total. The zero-order valence-electron chi connectivity index (χ0n) is 15.8. The number of alkyl halides is 3. The van der Waals surface area contributed by atoms with Gasteiger partial charge in [0.15, 0.2) is 0 Å². The van der Waals surface area contributed by atoms with Crippen molar-refractivity contribution in [1.82, 2.24) is 0 Å². The summed E-state index contributed by atoms with van der Waals surface area (Å²) in [7, 11) is -4.19. The predicted molar refractivity (Wildman–Crippen MR) is 100 cm³/mol. The van der Waals surface area contributed by atoms with Gasteiger partial charge >= 0.3 is 6.18 Å². The SMILES string of the molecule is Cc1ccc(S(=O)(=O)OCc2cc([N+](=O)[O-])ccc2CC(=O)CCC(F)(F)F)cc1. The molecule has 0 unspecified atom stereocenters. The van der Waals surface area contributed by atoms with Crippen molar-refractivity contribution in [3.05, 3.63) is 69.3 Å². The molecule has 0 heterocycles. The van der Waals surface area contributed by atoms with Crippen molar-refractivity contribution in [2.75, 3.05) is 0 Å². The molecule has 0 amide bonds. The van der Waals surface area contributed by atoms with Gasteiger partial charge < -0.3 is 0 Å². The molecule has 0 bridgehead atoms. The average molecular weight is 445 g/mol. The van der Waals surface area contributed by atoms with Crippen molar-refractivity contribution in [1.29, 1.82) is 0 Å². The summed E-state index contributed by atoms with van der Waals surface area (Å²) in [6, 6.07) is 9.13. The molecule has 0 N–H and O–H groups in total. The Balaban J connectivity index is 2.21. The maximum atomic E-state index is 12.3. The minimum absolute atomic E-state index is 0.0280. The number of carbonyl (C=O) groups is 1. The quantitative estimate of drug-likeness (QED) is 0.325. The van der Waals surface area contributed by atoms with E-state index in [0.717, 1.165) is 17.7 Å². The topological polar surface area (TPSA) is 104 Å². The number of halogens is 3. The number of nitro groups is 1. The van der Waals surface area contributed by atoms with E-state index in [9.17, 15) is 36.5 Å². The van der Waals surface area contributed by atoms with Crippen molar-refractivity contribution in [2.24, 2.45) is 0 Å². The number of hydrogen-bond donors (Lipinski definition) is 0. The van der Waals surface area contributed by atoms with Crippen LogP contribution in [0.3, 0.4) is 0 Å². The third-order valence-electron chi connectivity index (χ3n) is 4.15. The summed E-state index contributed by atoms with van der Waals surface area (Å²) in [6.07, 6.45) is -6.95. The molecule has 2 aromatic carbocycles. The molecule has 0 fully saturated rings. The second kappa shape index (κ2) is 9.35. The Kier molecular flexibility index (Phi) is 7.32. The van der Waals surface area contributed by atoms with E-state index in [1.54, 1.807) is 19.1 Å². The lowest BCUT2D eigenvalue weighted by Gasteiger charge is -2.11. The first kappa shape index (κ1) is 23.5. The Hall–Kier alpha value is -2.79. The smallest absolute Gasteiger partial charge is 0.299 e. The number of hydrogen-bond acceptors (Lipinski definition) is 6. The van der Waals surface area contributed by atoms with Gasteiger partial charge in [-0.3, -0.25) is 19.1 Å². The Morgan fingerprint density at radius 1 is 1.10 bits per heavy atom. The zero-order valence-corrected chi connectivity index (χ0v) is 16.6. The van der Waals surface area contributed by atoms with Crippen LogP contribution in [0.15, 0.2) is 47.4 Å². The lowest BCUT2D eigenvalue weighted by Crippen LogP contribution is -2.13. The van der Waals surface area contributed by atoms with Crippen LogP contribution in [0.25, 0.3) is 0 Å². The molecule has 2 rings (SSSR count). The van der Waals surface area contributed by atoms with E-state index in [2.05, 4.69) is 0 Å². The first-order valence-electron chi connectivity index (χ1n) is 8.68. The fourth-order valence-corrected chi connectivity index (χ4v) is 3.42. The maximum Gasteiger partial charge on any atom is 0.389 e. The molecule has 0 aromatic heterocycles. The van der Waals surface area contributed by atoms with Crippen LogP contribution >= 0.6 is 0 Å². The number of nitro benzene ring substituents is 1. The molecular formula is C19H18F3NO6S. The normalized spacial score (nSPS) is 12.0. The number of aryl methyl sites for hydroxylation is 1. The van der Waals surface area contributed by atoms with E-state index < -0.39 is 52.9 Å². The van der Waals surface area contributed by atoms with Crippen LogP contribution in [0.2, 0.25) is 0 Å². The molecule has 0 spiro atoms. The van der Waals surface area contributed by atoms with Gasteiger partial charge in [-0.1, -0.05) is 23.8 Å². The highest BCUT2D eigenvalue weighted by Crippen LogP contribution is 2.25. The van der Waals surface area contributed by atoms with E-state index in [-0.39, 0.29) is 21.7 Å². The van der Waals surface area contributed by atoms with Gasteiger partial charge in [-0.05, 0) is 30.2 Å². The van der Waals surface area contributed by atoms with Gasteiger partial charge in [0.1, 0.15) is 5.78 Å². The molecule has 11 heteroatoms. The van der Waals surface area contributed by atoms with Gasteiger partial charge in [0.2, 0.25) is 0 Å². The molecule has 0 aliphatic heterocycles. The first-order chi connectivity index (χ1) is 13.9. The Morgan fingerprint density at radius 2 is 1.73 bits per heavy atom. The van der Waals surface area contributed by atoms with Crippen LogP contribution in [0.5, 0.6) is 0 Å². The van der Waals surface area contributed by atoms with E-state index >= 15 is 0 Å². The summed E-state index contributed by atoms with van der Waals surface area (Å²) in [6.45, 7) is 1.15. The average Bonchev–Trinajstić information content (AvgIpc) is 2.65. The van der Waals surface area contributed by atoms with Crippen LogP contribution in [0, 0.1) is 17.0 Å². The Morgan fingerprint density at radius 3 is 2.30 bits per heavy atom. The van der Waals surface area contributed by atoms with Crippen LogP contribution in [-0.2, 0) is 32.1 Å². The van der Waals surface area contributed by atoms with Gasteiger partial charge in [-0.2, -0.15) is 21.6 Å². The van der Waals surface area contributed by atoms with Crippen molar-refractivity contribution in [3.63, 3.8) is 0 Å². The van der Waals surface area contributed by atoms with Crippen LogP contribution in [0.1, 0.15) is 29.5 Å². The molecular weight excluding hydrogens is 427 g/mol. The molecule has 162 valence electrons. The maximum absolute atomic E-state index is 12.3. The fourth-order valence-electron chi connectivity index (χ4n) is 2.53. The highest BCUT2D eigenvalue weighted by atomic mass is 32.2. The summed E-state index contributed by atoms with van der Waals surface area (Å²) in [5, 5.41) is 11.0. The van der Waals surface area contributed by atoms with Crippen molar-refractivity contribution in [2.45, 2.75) is 43.9 Å². The van der Waals surface area contributed by atoms with Crippen LogP contribution in [0.4, 0.5) is 18.9 Å². The molecule has 0 saturated heterocycles. The number of nitrogens with zero attached hydrogens (tertiary/aromatic N) is 1. The summed E-state index contributed by atoms with van der Waals surface area (Å²) in [4.78, 5) is 22.1. The van der Waals surface area contributed by atoms with Gasteiger partial charge in [-0.25, -0.2) is 0 Å². The van der Waals surface area contributed by atoms with Crippen LogP contribution in [-0.4, -0.2) is 25.3 Å². The third-order valence-corrected chi connectivity index (χ3v) is 5.43. The lowest BCUT2D eigenvalue weighted by atomic mass is 10.00. The summed E-state index contributed by atoms with van der Waals surface area (Å²) in [5.41, 5.74) is 0.646. The largest absolute Gasteiger partial charge is 0.389 e. The van der Waals surface area contributed by atoms with E-state index in [4.69, 9.17) is 4.18 Å². The number of benzene rings is 2. The summed E-state index contributed by atoms with van der Waals surface area (Å²) >= 11 is 0. The Labute approximate surface area is 170 Å². The summed E-state index contributed by atoms with van der Waals surface area (Å²) < 4.78 is 66.5. The fraction of sp³-hybridized carbons (Fsp3) is 0.316. The lowest BCUT2D eigenvalue weighted by molar-refractivity contribution is -0.385. The second-order valence-corrected chi connectivity index (χ2v) is 8.19. The molecule has 0 aliphatic rings. The monoisotopic (exact) mass is 445 g/mol. The van der Waals surface area contributed by atoms with E-state index in [0.29, 0.717) is 0 Å². The summed E-state index contributed by atoms with van der Waals surface area (Å²) in [5.74, 6) is -0.733. The number of rotatable bonds is 9. The highest BCUT2D eigenvalue weighted by Gasteiger charge is 2.28. The predicted octanol–water partition coefficient (Wildman–Crippen LogP) is 4.26. The second-order valence-electron chi connectivity index (χ2n) is 6.57. The molecule has 0 saturated carbocycles. The minimum atomic E-state index is -4.49. The Bertz CT molecular complexity index is 1030. The van der Waals surface area contributed by atoms with E-state index in [1.807, 2.05) is 0 Å². The zero-order chi connectivity index (χ0) is 22.5. The molecule has 0 aliphatic carbocycles. The van der Waals surface area contributed by atoms with Gasteiger partial charge in [0.25, 0.3) is 15.8 Å². The van der Waals surface area contributed by atoms with Gasteiger partial charge in [-0.15, -0.1) is 0 Å². The minimum Gasteiger partial charge on any atom is -0.299 e. The highest BCUT2D eigenvalue weighted by molar-refractivity contribution is 7.86. The first-order valence-corrected chi connectivity index (χ1v) is 10.1. The van der Waals surface area contributed by atoms with E-state index in [1.165, 1.54) is 18.2 Å². The number of carbonyl (C=O) groups excluding carboxylic acids is 1. The number of non-ortho nitro benzene ring substituents is 1. The van der Waals surface area contributed by atoms with Gasteiger partial charge in [0.05, 0.1) is 22.8 Å². The number of ketones is 1. The van der Waals surface area contributed by atoms with Crippen molar-refractivity contribution in [3.8, 4) is 0 Å². The van der Waals surface area contributed by atoms with Crippen molar-refractivity contribution >= 4 is 21.6 Å². The number of Topliss-reactive ketones (excluding diaryl/α,β-unsaturated/α-hetero) is 1. The standard InChI is InChI=1S/C19H18F3NO6S/c1-13-2-6-18(7-3-13)30(27,28)29-12-15-10-16(23(25)26)5-4-14(15)11-17(24)8-9-19(20,21)22/h2-7,10H,8-9,11-12H2,1H3. The van der Waals surface area contributed by atoms with Gasteiger partial charge in [0, 0.05) is 25.0 Å². The molecule has 2 aromatic rings. The molecule has 0 radical (unpaired) electrons. The third kappa shape index (κ3) is 6.92.